The van der Waals surface area contributed by atoms with Gasteiger partial charge in [0, 0.05) is 12.8 Å². The Labute approximate surface area is 182 Å². The molecule has 0 rings (SSSR count). The predicted molar refractivity (Wildman–Crippen MR) is 74.4 cm³/mol. The van der Waals surface area contributed by atoms with Crippen LogP contribution in [0.3, 0.4) is 0 Å². The van der Waals surface area contributed by atoms with Gasteiger partial charge in [0.2, 0.25) is 0 Å². The molecular weight excluding hydrogens is 576 g/mol. The van der Waals surface area contributed by atoms with Crippen LogP contribution in [-0.4, -0.2) is 74.1 Å². The van der Waals surface area contributed by atoms with Crippen LogP contribution in [0.15, 0.2) is 0 Å². The molecule has 0 aliphatic heterocycles. The average molecular weight is 586 g/mol. The van der Waals surface area contributed by atoms with E-state index < -0.39 is 84.1 Å². The fourth-order valence-electron chi connectivity index (χ4n) is 1.53. The Balaban J connectivity index is 5.09. The highest BCUT2D eigenvalue weighted by Gasteiger charge is 2.73. The van der Waals surface area contributed by atoms with Gasteiger partial charge in [-0.3, -0.25) is 4.55 Å². The molecule has 0 aromatic heterocycles. The van der Waals surface area contributed by atoms with Crippen molar-refractivity contribution in [1.82, 2.24) is 0 Å². The third-order valence-corrected chi connectivity index (χ3v) is 4.30. The zero-order valence-electron chi connectivity index (χ0n) is 15.8. The minimum absolute atomic E-state index is 1.87. The van der Waals surface area contributed by atoms with Crippen molar-refractivity contribution in [3.63, 3.8) is 0 Å². The van der Waals surface area contributed by atoms with Gasteiger partial charge in [-0.05, 0) is 0 Å². The van der Waals surface area contributed by atoms with E-state index in [1.807, 2.05) is 4.74 Å². The van der Waals surface area contributed by atoms with Crippen LogP contribution in [0.25, 0.3) is 0 Å². The highest BCUT2D eigenvalue weighted by atomic mass is 32.2. The summed E-state index contributed by atoms with van der Waals surface area (Å²) >= 11 is 0. The zero-order chi connectivity index (χ0) is 28.5. The molecule has 1 N–H and O–H groups in total. The van der Waals surface area contributed by atoms with Gasteiger partial charge in [0.1, 0.15) is 0 Å². The molecule has 0 amide bonds. The summed E-state index contributed by atoms with van der Waals surface area (Å²) in [4.78, 5) is 0. The monoisotopic (exact) mass is 586 g/mol. The Kier molecular flexibility index (Phi) is 9.82. The van der Waals surface area contributed by atoms with Crippen molar-refractivity contribution < 1.29 is 97.4 Å². The van der Waals surface area contributed by atoms with Gasteiger partial charge in [0.15, 0.2) is 0 Å². The summed E-state index contributed by atoms with van der Waals surface area (Å²) in [6.07, 6.45) is -36.0. The molecule has 35 heavy (non-hydrogen) atoms. The normalized spacial score (nSPS) is 15.7. The van der Waals surface area contributed by atoms with E-state index >= 15 is 0 Å². The fraction of sp³-hybridized carbons (Fsp3) is 1.00. The molecule has 0 spiro atoms. The maximum absolute atomic E-state index is 13.3. The van der Waals surface area contributed by atoms with E-state index in [4.69, 9.17) is 4.55 Å². The molecule has 0 saturated heterocycles. The van der Waals surface area contributed by atoms with Crippen LogP contribution in [0, 0.1) is 0 Å². The molecule has 0 atom stereocenters. The Morgan fingerprint density at radius 2 is 0.971 bits per heavy atom. The van der Waals surface area contributed by atoms with Crippen LogP contribution in [0.2, 0.25) is 0 Å². The molecule has 0 aliphatic rings. The zero-order valence-corrected chi connectivity index (χ0v) is 16.7. The number of hydrogen-bond acceptors (Lipinski definition) is 5. The molecule has 0 saturated carbocycles. The Morgan fingerprint density at radius 1 is 0.629 bits per heavy atom. The van der Waals surface area contributed by atoms with Gasteiger partial charge >= 0.3 is 58.1 Å². The SMILES string of the molecule is O=S(=O)(O)C(F)(F)C(F)(F)OC(F)(F)C(F)(F)CCOCCC(F)(F)C(F)(F)OC(F)(F)C(F)F. The summed E-state index contributed by atoms with van der Waals surface area (Å²) in [5.74, 6) is -11.7. The molecule has 0 unspecified atom stereocenters. The maximum atomic E-state index is 13.3. The van der Waals surface area contributed by atoms with Crippen molar-refractivity contribution in [2.45, 2.75) is 60.8 Å². The summed E-state index contributed by atoms with van der Waals surface area (Å²) in [7, 11) is -7.19. The van der Waals surface area contributed by atoms with Gasteiger partial charge in [-0.25, -0.2) is 18.3 Å². The largest absolute Gasteiger partial charge is 0.460 e. The maximum Gasteiger partial charge on any atom is 0.460 e. The molecule has 0 aromatic rings. The molecule has 23 heteroatoms. The lowest BCUT2D eigenvalue weighted by Crippen LogP contribution is -2.56. The van der Waals surface area contributed by atoms with E-state index in [1.165, 1.54) is 0 Å². The standard InChI is InChI=1S/C12H10F16O6S/c13-5(14)8(19,20)33-9(21,22)6(15,16)1-3-32-4-2-7(17,18)10(23,24)34-11(25,26)12(27,28)35(29,30)31/h5H,1-4H2,(H,29,30,31). The number of halogens is 16. The van der Waals surface area contributed by atoms with Crippen LogP contribution in [-0.2, 0) is 24.3 Å². The van der Waals surface area contributed by atoms with Crippen molar-refractivity contribution in [3.05, 3.63) is 0 Å². The number of alkyl halides is 16. The predicted octanol–water partition coefficient (Wildman–Crippen LogP) is 5.20. The van der Waals surface area contributed by atoms with E-state index in [-0.39, 0.29) is 0 Å². The Hall–Kier alpha value is -1.33. The van der Waals surface area contributed by atoms with E-state index in [0.717, 1.165) is 0 Å². The van der Waals surface area contributed by atoms with Crippen molar-refractivity contribution in [2.24, 2.45) is 0 Å². The van der Waals surface area contributed by atoms with E-state index in [1.54, 1.807) is 0 Å². The Morgan fingerprint density at radius 3 is 1.29 bits per heavy atom. The lowest BCUT2D eigenvalue weighted by Gasteiger charge is -2.31. The van der Waals surface area contributed by atoms with Gasteiger partial charge in [-0.2, -0.15) is 69.9 Å². The third-order valence-electron chi connectivity index (χ3n) is 3.41. The van der Waals surface area contributed by atoms with E-state index in [2.05, 4.69) is 9.47 Å². The first kappa shape index (κ1) is 33.7. The molecule has 212 valence electrons. The van der Waals surface area contributed by atoms with Crippen molar-refractivity contribution >= 4 is 10.1 Å². The lowest BCUT2D eigenvalue weighted by atomic mass is 10.2. The summed E-state index contributed by atoms with van der Waals surface area (Å²) in [5, 5.41) is -6.87. The second-order valence-corrected chi connectivity index (χ2v) is 7.59. The van der Waals surface area contributed by atoms with Crippen LogP contribution >= 0.6 is 0 Å². The van der Waals surface area contributed by atoms with Gasteiger partial charge in [0.05, 0.1) is 13.2 Å². The highest BCUT2D eigenvalue weighted by molar-refractivity contribution is 7.86. The summed E-state index contributed by atoms with van der Waals surface area (Å²) < 4.78 is 241. The molecule has 0 fully saturated rings. The van der Waals surface area contributed by atoms with Crippen molar-refractivity contribution in [2.75, 3.05) is 13.2 Å². The van der Waals surface area contributed by atoms with Crippen molar-refractivity contribution in [3.8, 4) is 0 Å². The number of rotatable bonds is 15. The summed E-state index contributed by atoms with van der Waals surface area (Å²) in [5.41, 5.74) is 0. The van der Waals surface area contributed by atoms with Crippen LogP contribution in [0.5, 0.6) is 0 Å². The molecule has 0 aliphatic carbocycles. The first-order valence-corrected chi connectivity index (χ1v) is 9.38. The van der Waals surface area contributed by atoms with Crippen molar-refractivity contribution in [1.29, 1.82) is 0 Å². The third kappa shape index (κ3) is 7.82. The fourth-order valence-corrected chi connectivity index (χ4v) is 1.87. The topological polar surface area (TPSA) is 82.1 Å². The van der Waals surface area contributed by atoms with Gasteiger partial charge in [0.25, 0.3) is 0 Å². The first-order valence-electron chi connectivity index (χ1n) is 7.94. The summed E-state index contributed by atoms with van der Waals surface area (Å²) in [6.45, 7) is -3.83. The highest BCUT2D eigenvalue weighted by Crippen LogP contribution is 2.48. The minimum atomic E-state index is -7.19. The number of ether oxygens (including phenoxy) is 3. The minimum Gasteiger partial charge on any atom is -0.381 e. The average Bonchev–Trinajstić information content (AvgIpc) is 2.57. The summed E-state index contributed by atoms with van der Waals surface area (Å²) in [6, 6.07) is 0. The quantitative estimate of drug-likeness (QED) is 0.161. The molecule has 6 nitrogen and oxygen atoms in total. The Bertz CT molecular complexity index is 814. The molecule has 0 aromatic carbocycles. The second-order valence-electron chi connectivity index (χ2n) is 6.13. The second kappa shape index (κ2) is 10.2. The van der Waals surface area contributed by atoms with Gasteiger partial charge in [-0.15, -0.1) is 0 Å². The van der Waals surface area contributed by atoms with Gasteiger partial charge < -0.3 is 4.74 Å². The van der Waals surface area contributed by atoms with Crippen LogP contribution < -0.4 is 0 Å². The van der Waals surface area contributed by atoms with Crippen LogP contribution in [0.4, 0.5) is 70.2 Å². The molecule has 0 radical (unpaired) electrons. The van der Waals surface area contributed by atoms with E-state index in [9.17, 15) is 78.7 Å². The van der Waals surface area contributed by atoms with Gasteiger partial charge in [-0.1, -0.05) is 0 Å². The number of hydrogen-bond donors (Lipinski definition) is 1. The molecule has 0 heterocycles. The molecular formula is C12H10F16O6S. The first-order chi connectivity index (χ1) is 15.1. The van der Waals surface area contributed by atoms with E-state index in [0.29, 0.717) is 0 Å². The smallest absolute Gasteiger partial charge is 0.381 e. The van der Waals surface area contributed by atoms with Crippen LogP contribution in [0.1, 0.15) is 12.8 Å². The lowest BCUT2D eigenvalue weighted by molar-refractivity contribution is -0.457. The molecule has 0 bridgehead atoms.